The van der Waals surface area contributed by atoms with Crippen LogP contribution in [0.5, 0.6) is 5.75 Å². The average Bonchev–Trinajstić information content (AvgIpc) is 3.12. The largest absolute Gasteiger partial charge is 0.487 e. The van der Waals surface area contributed by atoms with E-state index in [-0.39, 0.29) is 28.4 Å². The third-order valence-corrected chi connectivity index (χ3v) is 8.89. The van der Waals surface area contributed by atoms with Crippen molar-refractivity contribution in [2.45, 2.75) is 69.7 Å². The first-order valence-corrected chi connectivity index (χ1v) is 14.7. The van der Waals surface area contributed by atoms with Gasteiger partial charge in [0.05, 0.1) is 28.5 Å². The molecule has 2 aromatic carbocycles. The van der Waals surface area contributed by atoms with E-state index >= 15 is 4.39 Å². The second-order valence-corrected chi connectivity index (χ2v) is 13.1. The van der Waals surface area contributed by atoms with Crippen molar-refractivity contribution in [2.24, 2.45) is 5.92 Å². The number of ether oxygens (including phenoxy) is 2. The summed E-state index contributed by atoms with van der Waals surface area (Å²) in [5.74, 6) is 0.684. The van der Waals surface area contributed by atoms with Crippen LogP contribution in [0.1, 0.15) is 46.1 Å². The lowest BCUT2D eigenvalue weighted by molar-refractivity contribution is -0.0720. The number of rotatable bonds is 6. The summed E-state index contributed by atoms with van der Waals surface area (Å²) in [5, 5.41) is 0. The van der Waals surface area contributed by atoms with E-state index in [1.54, 1.807) is 30.3 Å². The van der Waals surface area contributed by atoms with Crippen LogP contribution in [-0.4, -0.2) is 63.9 Å². The van der Waals surface area contributed by atoms with Gasteiger partial charge in [-0.15, -0.1) is 0 Å². The predicted molar refractivity (Wildman–Crippen MR) is 143 cm³/mol. The number of anilines is 2. The van der Waals surface area contributed by atoms with E-state index in [0.717, 1.165) is 44.5 Å². The van der Waals surface area contributed by atoms with Gasteiger partial charge in [0, 0.05) is 45.2 Å². The predicted octanol–water partition coefficient (Wildman–Crippen LogP) is 4.67. The summed E-state index contributed by atoms with van der Waals surface area (Å²) in [6, 6.07) is 9.50. The Balaban J connectivity index is 1.28. The van der Waals surface area contributed by atoms with Crippen LogP contribution >= 0.6 is 0 Å². The second-order valence-electron chi connectivity index (χ2n) is 11.5. The van der Waals surface area contributed by atoms with Crippen molar-refractivity contribution in [3.05, 3.63) is 47.8 Å². The molecule has 2 saturated heterocycles. The molecule has 37 heavy (non-hydrogen) atoms. The Morgan fingerprint density at radius 1 is 1.08 bits per heavy atom. The maximum atomic E-state index is 15.1. The van der Waals surface area contributed by atoms with Gasteiger partial charge in [-0.1, -0.05) is 12.1 Å². The minimum atomic E-state index is -3.93. The molecule has 0 spiro atoms. The summed E-state index contributed by atoms with van der Waals surface area (Å²) in [7, 11) is -3.93. The molecule has 0 bridgehead atoms. The second kappa shape index (κ2) is 10.1. The minimum absolute atomic E-state index is 0.104. The fourth-order valence-electron chi connectivity index (χ4n) is 6.00. The monoisotopic (exact) mass is 531 g/mol. The van der Waals surface area contributed by atoms with E-state index in [4.69, 9.17) is 9.47 Å². The molecule has 1 N–H and O–H groups in total. The van der Waals surface area contributed by atoms with Gasteiger partial charge in [0.15, 0.2) is 0 Å². The lowest BCUT2D eigenvalue weighted by atomic mass is 9.95. The van der Waals surface area contributed by atoms with Crippen LogP contribution in [0, 0.1) is 11.7 Å². The van der Waals surface area contributed by atoms with E-state index in [0.29, 0.717) is 30.4 Å². The van der Waals surface area contributed by atoms with Gasteiger partial charge < -0.3 is 14.4 Å². The number of nitrogens with one attached hydrogen (secondary N) is 1. The SMILES string of the molecule is C[C@@H]1CN(CC2CCN(c3c(F)cccc3NS(=O)(=O)c3ccc4c(c3)OC(C)(C)C4)CC2)C[C@H](C)O1. The van der Waals surface area contributed by atoms with Crippen molar-refractivity contribution in [2.75, 3.05) is 42.3 Å². The van der Waals surface area contributed by atoms with Gasteiger partial charge in [-0.3, -0.25) is 9.62 Å². The van der Waals surface area contributed by atoms with Gasteiger partial charge in [-0.25, -0.2) is 12.8 Å². The van der Waals surface area contributed by atoms with Gasteiger partial charge in [-0.2, -0.15) is 0 Å². The Kier molecular flexibility index (Phi) is 7.15. The zero-order valence-corrected chi connectivity index (χ0v) is 23.0. The molecule has 2 fully saturated rings. The number of para-hydroxylation sites is 1. The Morgan fingerprint density at radius 2 is 1.78 bits per heavy atom. The number of fused-ring (bicyclic) bond motifs is 1. The quantitative estimate of drug-likeness (QED) is 0.585. The van der Waals surface area contributed by atoms with Crippen LogP contribution in [0.15, 0.2) is 41.3 Å². The van der Waals surface area contributed by atoms with E-state index in [1.165, 1.54) is 6.07 Å². The molecule has 0 aliphatic carbocycles. The van der Waals surface area contributed by atoms with Crippen LogP contribution in [0.4, 0.5) is 15.8 Å². The highest BCUT2D eigenvalue weighted by atomic mass is 32.2. The van der Waals surface area contributed by atoms with Gasteiger partial charge in [0.25, 0.3) is 10.0 Å². The Hall–Kier alpha value is -2.36. The topological polar surface area (TPSA) is 71.1 Å². The fraction of sp³-hybridized carbons (Fsp3) is 0.571. The smallest absolute Gasteiger partial charge is 0.262 e. The van der Waals surface area contributed by atoms with Crippen LogP contribution in [-0.2, 0) is 21.2 Å². The first-order valence-electron chi connectivity index (χ1n) is 13.3. The van der Waals surface area contributed by atoms with E-state index in [1.807, 2.05) is 18.7 Å². The number of hydrogen-bond donors (Lipinski definition) is 1. The van der Waals surface area contributed by atoms with Gasteiger partial charge >= 0.3 is 0 Å². The first-order chi connectivity index (χ1) is 17.5. The highest BCUT2D eigenvalue weighted by molar-refractivity contribution is 7.92. The van der Waals surface area contributed by atoms with Gasteiger partial charge in [0.1, 0.15) is 17.2 Å². The van der Waals surface area contributed by atoms with Gasteiger partial charge in [0.2, 0.25) is 0 Å². The van der Waals surface area contributed by atoms with Crippen LogP contribution < -0.4 is 14.4 Å². The highest BCUT2D eigenvalue weighted by Crippen LogP contribution is 2.38. The molecule has 3 aliphatic heterocycles. The summed E-state index contributed by atoms with van der Waals surface area (Å²) in [6.07, 6.45) is 3.06. The molecule has 3 aliphatic rings. The molecular weight excluding hydrogens is 493 g/mol. The zero-order chi connectivity index (χ0) is 26.4. The Morgan fingerprint density at radius 3 is 2.49 bits per heavy atom. The molecular formula is C28H38FN3O4S. The molecule has 2 aromatic rings. The lowest BCUT2D eigenvalue weighted by Crippen LogP contribution is -2.48. The summed E-state index contributed by atoms with van der Waals surface area (Å²) >= 11 is 0. The molecule has 0 aromatic heterocycles. The Bertz CT molecular complexity index is 1230. The summed E-state index contributed by atoms with van der Waals surface area (Å²) < 4.78 is 56.2. The van der Waals surface area contributed by atoms with Crippen molar-refractivity contribution < 1.29 is 22.3 Å². The van der Waals surface area contributed by atoms with Crippen molar-refractivity contribution in [3.63, 3.8) is 0 Å². The van der Waals surface area contributed by atoms with Crippen molar-refractivity contribution in [3.8, 4) is 5.75 Å². The van der Waals surface area contributed by atoms with E-state index in [9.17, 15) is 8.42 Å². The number of nitrogens with zero attached hydrogens (tertiary/aromatic N) is 2. The molecule has 0 saturated carbocycles. The molecule has 0 radical (unpaired) electrons. The number of halogens is 1. The van der Waals surface area contributed by atoms with Gasteiger partial charge in [-0.05, 0) is 70.2 Å². The number of sulfonamides is 1. The van der Waals surface area contributed by atoms with E-state index < -0.39 is 15.8 Å². The summed E-state index contributed by atoms with van der Waals surface area (Å²) in [5.41, 5.74) is 1.20. The molecule has 0 unspecified atom stereocenters. The molecule has 202 valence electrons. The first kappa shape index (κ1) is 26.3. The van der Waals surface area contributed by atoms with Crippen molar-refractivity contribution in [1.82, 2.24) is 4.90 Å². The zero-order valence-electron chi connectivity index (χ0n) is 22.2. The number of piperidine rings is 1. The normalized spacial score (nSPS) is 24.5. The Labute approximate surface area is 220 Å². The lowest BCUT2D eigenvalue weighted by Gasteiger charge is -2.40. The molecule has 2 atom stereocenters. The molecule has 9 heteroatoms. The fourth-order valence-corrected chi connectivity index (χ4v) is 7.08. The number of morpholine rings is 1. The van der Waals surface area contributed by atoms with Crippen LogP contribution in [0.2, 0.25) is 0 Å². The average molecular weight is 532 g/mol. The molecule has 7 nitrogen and oxygen atoms in total. The molecule has 0 amide bonds. The third kappa shape index (κ3) is 5.89. The van der Waals surface area contributed by atoms with Crippen LogP contribution in [0.3, 0.4) is 0 Å². The van der Waals surface area contributed by atoms with E-state index in [2.05, 4.69) is 23.5 Å². The third-order valence-electron chi connectivity index (χ3n) is 7.52. The number of benzene rings is 2. The highest BCUT2D eigenvalue weighted by Gasteiger charge is 2.32. The van der Waals surface area contributed by atoms with Crippen molar-refractivity contribution in [1.29, 1.82) is 0 Å². The molecule has 5 rings (SSSR count). The maximum absolute atomic E-state index is 15.1. The maximum Gasteiger partial charge on any atom is 0.262 e. The standard InChI is InChI=1S/C28H38FN3O4S/c1-19-16-31(17-20(2)35-19)18-21-10-12-32(13-11-21)27-24(29)6-5-7-25(27)30-37(33,34)23-9-8-22-15-28(3,4)36-26(22)14-23/h5-9,14,19-21,30H,10-13,15-18H2,1-4H3/t19-,20+. The number of hydrogen-bond acceptors (Lipinski definition) is 6. The van der Waals surface area contributed by atoms with Crippen molar-refractivity contribution >= 4 is 21.4 Å². The minimum Gasteiger partial charge on any atom is -0.487 e. The molecule has 3 heterocycles. The summed E-state index contributed by atoms with van der Waals surface area (Å²) in [6.45, 7) is 12.4. The van der Waals surface area contributed by atoms with Crippen LogP contribution in [0.25, 0.3) is 0 Å². The summed E-state index contributed by atoms with van der Waals surface area (Å²) in [4.78, 5) is 4.55.